The summed E-state index contributed by atoms with van der Waals surface area (Å²) in [4.78, 5) is 33.1. The number of hydrogen-bond acceptors (Lipinski definition) is 9. The van der Waals surface area contributed by atoms with Crippen molar-refractivity contribution in [3.63, 3.8) is 0 Å². The van der Waals surface area contributed by atoms with Crippen LogP contribution in [0, 0.1) is 10.1 Å². The molecule has 1 aliphatic heterocycles. The fraction of sp³-hybridized carbons (Fsp3) is 0.421. The molecule has 2 N–H and O–H groups in total. The van der Waals surface area contributed by atoms with Crippen molar-refractivity contribution >= 4 is 29.0 Å². The Morgan fingerprint density at radius 2 is 1.86 bits per heavy atom. The number of piperidine rings is 1. The third-order valence-electron chi connectivity index (χ3n) is 4.74. The summed E-state index contributed by atoms with van der Waals surface area (Å²) in [7, 11) is 1.30. The predicted octanol–water partition coefficient (Wildman–Crippen LogP) is 2.81. The molecule has 1 aliphatic rings. The maximum absolute atomic E-state index is 11.7. The first-order valence-corrected chi connectivity index (χ1v) is 9.49. The fourth-order valence-corrected chi connectivity index (χ4v) is 3.23. The van der Waals surface area contributed by atoms with E-state index >= 15 is 0 Å². The number of nitrogens with zero attached hydrogens (tertiary/aromatic N) is 4. The molecule has 0 spiro atoms. The molecule has 10 heteroatoms. The minimum Gasteiger partial charge on any atom is -0.465 e. The van der Waals surface area contributed by atoms with Gasteiger partial charge in [0.15, 0.2) is 0 Å². The summed E-state index contributed by atoms with van der Waals surface area (Å²) in [6, 6.07) is 6.39. The van der Waals surface area contributed by atoms with Crippen LogP contribution in [0.5, 0.6) is 0 Å². The number of likely N-dealkylation sites (tertiary alicyclic amines) is 1. The van der Waals surface area contributed by atoms with E-state index in [9.17, 15) is 14.9 Å². The Labute approximate surface area is 168 Å². The van der Waals surface area contributed by atoms with Crippen molar-refractivity contribution in [3.05, 3.63) is 46.3 Å². The highest BCUT2D eigenvalue weighted by atomic mass is 16.6. The number of ether oxygens (including phenoxy) is 1. The van der Waals surface area contributed by atoms with Gasteiger partial charge in [-0.1, -0.05) is 6.42 Å². The molecule has 0 radical (unpaired) electrons. The maximum Gasteiger partial charge on any atom is 0.353 e. The highest BCUT2D eigenvalue weighted by molar-refractivity contribution is 5.89. The van der Waals surface area contributed by atoms with E-state index in [2.05, 4.69) is 30.2 Å². The Hall–Kier alpha value is -3.27. The van der Waals surface area contributed by atoms with Crippen LogP contribution in [-0.4, -0.2) is 59.0 Å². The lowest BCUT2D eigenvalue weighted by Crippen LogP contribution is -2.33. The zero-order chi connectivity index (χ0) is 20.6. The van der Waals surface area contributed by atoms with Crippen LogP contribution in [0.15, 0.2) is 30.6 Å². The molecule has 1 aromatic carbocycles. The molecule has 0 aliphatic carbocycles. The Balaban J connectivity index is 1.70. The molecule has 1 fully saturated rings. The Morgan fingerprint density at radius 1 is 1.17 bits per heavy atom. The second-order valence-electron chi connectivity index (χ2n) is 6.70. The molecule has 2 aromatic rings. The SMILES string of the molecule is COC(=O)c1ccc(Nc2ncnc(NCCN3CCCCC3)c2[N+](=O)[O-])cc1. The average Bonchev–Trinajstić information content (AvgIpc) is 2.74. The molecule has 154 valence electrons. The molecule has 10 nitrogen and oxygen atoms in total. The van der Waals surface area contributed by atoms with Gasteiger partial charge in [-0.05, 0) is 50.2 Å². The number of anilines is 3. The lowest BCUT2D eigenvalue weighted by molar-refractivity contribution is -0.383. The number of carbonyl (C=O) groups is 1. The molecular weight excluding hydrogens is 376 g/mol. The minimum atomic E-state index is -0.506. The lowest BCUT2D eigenvalue weighted by atomic mass is 10.1. The Morgan fingerprint density at radius 3 is 2.52 bits per heavy atom. The monoisotopic (exact) mass is 400 g/mol. The molecule has 0 amide bonds. The highest BCUT2D eigenvalue weighted by Crippen LogP contribution is 2.31. The first-order chi connectivity index (χ1) is 14.1. The number of nitrogens with one attached hydrogen (secondary N) is 2. The molecule has 0 saturated carbocycles. The van der Waals surface area contributed by atoms with E-state index in [4.69, 9.17) is 0 Å². The molecule has 1 aromatic heterocycles. The van der Waals surface area contributed by atoms with Gasteiger partial charge in [-0.25, -0.2) is 14.8 Å². The van der Waals surface area contributed by atoms with Gasteiger partial charge in [0.25, 0.3) is 0 Å². The maximum atomic E-state index is 11.7. The van der Waals surface area contributed by atoms with E-state index in [1.54, 1.807) is 24.3 Å². The molecule has 1 saturated heterocycles. The van der Waals surface area contributed by atoms with Gasteiger partial charge in [-0.2, -0.15) is 0 Å². The van der Waals surface area contributed by atoms with Gasteiger partial charge in [-0.15, -0.1) is 0 Å². The summed E-state index contributed by atoms with van der Waals surface area (Å²) < 4.78 is 4.66. The second kappa shape index (κ2) is 9.78. The third kappa shape index (κ3) is 5.38. The first kappa shape index (κ1) is 20.5. The second-order valence-corrected chi connectivity index (χ2v) is 6.70. The lowest BCUT2D eigenvalue weighted by Gasteiger charge is -2.26. The highest BCUT2D eigenvalue weighted by Gasteiger charge is 2.23. The van der Waals surface area contributed by atoms with Crippen LogP contribution in [0.3, 0.4) is 0 Å². The van der Waals surface area contributed by atoms with E-state index in [1.807, 2.05) is 0 Å². The summed E-state index contributed by atoms with van der Waals surface area (Å²) in [6.45, 7) is 3.48. The van der Waals surface area contributed by atoms with Crippen molar-refractivity contribution < 1.29 is 14.5 Å². The molecule has 2 heterocycles. The third-order valence-corrected chi connectivity index (χ3v) is 4.74. The standard InChI is InChI=1S/C19H24N6O4/c1-29-19(26)14-5-7-15(8-6-14)23-18-16(25(27)28)17(21-13-22-18)20-9-12-24-10-3-2-4-11-24/h5-8,13H,2-4,9-12H2,1H3,(H2,20,21,22,23). The van der Waals surface area contributed by atoms with E-state index in [0.29, 0.717) is 17.8 Å². The number of hydrogen-bond donors (Lipinski definition) is 2. The van der Waals surface area contributed by atoms with Crippen molar-refractivity contribution in [2.24, 2.45) is 0 Å². The molecular formula is C19H24N6O4. The van der Waals surface area contributed by atoms with Crippen LogP contribution in [0.4, 0.5) is 23.0 Å². The number of nitro groups is 1. The Bertz CT molecular complexity index is 852. The van der Waals surface area contributed by atoms with Crippen LogP contribution in [0.25, 0.3) is 0 Å². The van der Waals surface area contributed by atoms with Crippen molar-refractivity contribution in [1.29, 1.82) is 0 Å². The minimum absolute atomic E-state index is 0.0799. The van der Waals surface area contributed by atoms with E-state index in [1.165, 1.54) is 32.7 Å². The summed E-state index contributed by atoms with van der Waals surface area (Å²) in [5.41, 5.74) is 0.720. The molecule has 0 bridgehead atoms. The number of benzene rings is 1. The summed E-state index contributed by atoms with van der Waals surface area (Å²) in [6.07, 6.45) is 4.92. The fourth-order valence-electron chi connectivity index (χ4n) is 3.23. The first-order valence-electron chi connectivity index (χ1n) is 9.49. The van der Waals surface area contributed by atoms with Crippen LogP contribution in [0.1, 0.15) is 29.6 Å². The number of aromatic nitrogens is 2. The van der Waals surface area contributed by atoms with Crippen LogP contribution in [-0.2, 0) is 4.74 Å². The summed E-state index contributed by atoms with van der Waals surface area (Å²) in [5, 5.41) is 17.6. The quantitative estimate of drug-likeness (QED) is 0.391. The van der Waals surface area contributed by atoms with E-state index < -0.39 is 10.9 Å². The van der Waals surface area contributed by atoms with Crippen molar-refractivity contribution in [1.82, 2.24) is 14.9 Å². The summed E-state index contributed by atoms with van der Waals surface area (Å²) in [5.74, 6) is -0.197. The van der Waals surface area contributed by atoms with Gasteiger partial charge in [0.2, 0.25) is 11.6 Å². The zero-order valence-electron chi connectivity index (χ0n) is 16.3. The van der Waals surface area contributed by atoms with Gasteiger partial charge in [0.05, 0.1) is 17.6 Å². The molecule has 3 rings (SSSR count). The van der Waals surface area contributed by atoms with Gasteiger partial charge >= 0.3 is 11.7 Å². The van der Waals surface area contributed by atoms with Crippen molar-refractivity contribution in [2.75, 3.05) is 43.9 Å². The number of carbonyl (C=O) groups excluding carboxylic acids is 1. The average molecular weight is 400 g/mol. The molecule has 0 atom stereocenters. The largest absolute Gasteiger partial charge is 0.465 e. The van der Waals surface area contributed by atoms with E-state index in [0.717, 1.165) is 19.6 Å². The normalized spacial score (nSPS) is 14.2. The summed E-state index contributed by atoms with van der Waals surface area (Å²) >= 11 is 0. The van der Waals surface area contributed by atoms with E-state index in [-0.39, 0.29) is 17.3 Å². The smallest absolute Gasteiger partial charge is 0.353 e. The molecule has 0 unspecified atom stereocenters. The number of rotatable bonds is 8. The van der Waals surface area contributed by atoms with Crippen molar-refractivity contribution in [2.45, 2.75) is 19.3 Å². The topological polar surface area (TPSA) is 123 Å². The van der Waals surface area contributed by atoms with Crippen LogP contribution >= 0.6 is 0 Å². The van der Waals surface area contributed by atoms with Gasteiger partial charge in [0.1, 0.15) is 6.33 Å². The van der Waals surface area contributed by atoms with Crippen molar-refractivity contribution in [3.8, 4) is 0 Å². The zero-order valence-corrected chi connectivity index (χ0v) is 16.3. The predicted molar refractivity (Wildman–Crippen MR) is 109 cm³/mol. The van der Waals surface area contributed by atoms with Crippen LogP contribution < -0.4 is 10.6 Å². The van der Waals surface area contributed by atoms with Gasteiger partial charge in [0, 0.05) is 18.8 Å². The van der Waals surface area contributed by atoms with Crippen LogP contribution in [0.2, 0.25) is 0 Å². The van der Waals surface area contributed by atoms with Gasteiger partial charge in [-0.3, -0.25) is 10.1 Å². The number of esters is 1. The number of methoxy groups -OCH3 is 1. The van der Waals surface area contributed by atoms with Gasteiger partial charge < -0.3 is 20.3 Å². The molecule has 29 heavy (non-hydrogen) atoms. The Kier molecular flexibility index (Phi) is 6.90.